The third kappa shape index (κ3) is 1.61. The fraction of sp³-hybridized carbons (Fsp3) is 0.143. The fourth-order valence-electron chi connectivity index (χ4n) is 0.781. The molecule has 3 nitrogen and oxygen atoms in total. The Morgan fingerprint density at radius 2 is 2.08 bits per heavy atom. The Balaban J connectivity index is 3.40. The highest BCUT2D eigenvalue weighted by Crippen LogP contribution is 2.14. The Hall–Kier alpha value is -1.59. The van der Waals surface area contributed by atoms with E-state index in [4.69, 9.17) is 0 Å². The molecule has 1 aromatic rings. The van der Waals surface area contributed by atoms with E-state index in [2.05, 4.69) is 0 Å². The van der Waals surface area contributed by atoms with Gasteiger partial charge in [-0.25, -0.2) is 13.2 Å². The van der Waals surface area contributed by atoms with Crippen LogP contribution >= 0.6 is 0 Å². The number of H-pyrrole nitrogens is 1. The quantitative estimate of drug-likeness (QED) is 0.715. The molecule has 0 aliphatic rings. The molecule has 0 saturated carbocycles. The Morgan fingerprint density at radius 3 is 2.54 bits per heavy atom. The van der Waals surface area contributed by atoms with E-state index in [0.717, 1.165) is 0 Å². The van der Waals surface area contributed by atoms with Gasteiger partial charge in [0.1, 0.15) is 5.69 Å². The van der Waals surface area contributed by atoms with E-state index in [0.29, 0.717) is 6.20 Å². The summed E-state index contributed by atoms with van der Waals surface area (Å²) in [4.78, 5) is 22.8. The lowest BCUT2D eigenvalue weighted by Gasteiger charge is -1.99. The second kappa shape index (κ2) is 3.42. The van der Waals surface area contributed by atoms with Crippen LogP contribution in [0.4, 0.5) is 13.2 Å². The number of nitrogens with one attached hydrogen (secondary N) is 1. The van der Waals surface area contributed by atoms with Crippen molar-refractivity contribution >= 4 is 6.29 Å². The van der Waals surface area contributed by atoms with Gasteiger partial charge in [-0.1, -0.05) is 0 Å². The molecule has 0 atom stereocenters. The summed E-state index contributed by atoms with van der Waals surface area (Å²) in [6.07, 6.45) is -2.38. The zero-order valence-electron chi connectivity index (χ0n) is 6.18. The number of carbonyl (C=O) groups is 1. The summed E-state index contributed by atoms with van der Waals surface area (Å²) in [6, 6.07) is 0. The summed E-state index contributed by atoms with van der Waals surface area (Å²) in [5, 5.41) is 0. The van der Waals surface area contributed by atoms with Crippen LogP contribution in [0.25, 0.3) is 0 Å². The summed E-state index contributed by atoms with van der Waals surface area (Å²) in [5.74, 6) is -1.48. The lowest BCUT2D eigenvalue weighted by molar-refractivity contribution is 0.111. The van der Waals surface area contributed by atoms with Crippen LogP contribution in [0.2, 0.25) is 0 Å². The maximum atomic E-state index is 12.7. The predicted molar refractivity (Wildman–Crippen MR) is 37.4 cm³/mol. The molecule has 0 fully saturated rings. The molecule has 6 heteroatoms. The highest BCUT2D eigenvalue weighted by Gasteiger charge is 2.17. The zero-order chi connectivity index (χ0) is 10.0. The SMILES string of the molecule is O=Cc1[nH]cc(C(F)F)c(=O)c1F. The molecular weight excluding hydrogens is 187 g/mol. The van der Waals surface area contributed by atoms with Crippen LogP contribution in [0, 0.1) is 5.82 Å². The van der Waals surface area contributed by atoms with E-state index in [1.807, 2.05) is 4.98 Å². The third-order valence-corrected chi connectivity index (χ3v) is 1.43. The lowest BCUT2D eigenvalue weighted by Crippen LogP contribution is -2.17. The van der Waals surface area contributed by atoms with Crippen LogP contribution in [0.3, 0.4) is 0 Å². The molecule has 13 heavy (non-hydrogen) atoms. The van der Waals surface area contributed by atoms with Gasteiger partial charge in [-0.3, -0.25) is 9.59 Å². The number of aldehydes is 1. The maximum Gasteiger partial charge on any atom is 0.269 e. The topological polar surface area (TPSA) is 49.9 Å². The number of hydrogen-bond acceptors (Lipinski definition) is 2. The molecule has 0 radical (unpaired) electrons. The number of hydrogen-bond donors (Lipinski definition) is 1. The molecule has 0 saturated heterocycles. The molecule has 1 heterocycles. The van der Waals surface area contributed by atoms with E-state index >= 15 is 0 Å². The minimum Gasteiger partial charge on any atom is -0.356 e. The van der Waals surface area contributed by atoms with Gasteiger partial charge >= 0.3 is 0 Å². The Labute approximate surface area is 70.2 Å². The van der Waals surface area contributed by atoms with Crippen molar-refractivity contribution in [3.63, 3.8) is 0 Å². The molecule has 1 rings (SSSR count). The Bertz CT molecular complexity index is 386. The average Bonchev–Trinajstić information content (AvgIpc) is 2.09. The van der Waals surface area contributed by atoms with E-state index in [1.54, 1.807) is 0 Å². The number of rotatable bonds is 2. The zero-order valence-corrected chi connectivity index (χ0v) is 6.18. The van der Waals surface area contributed by atoms with Crippen molar-refractivity contribution in [2.75, 3.05) is 0 Å². The van der Waals surface area contributed by atoms with E-state index in [-0.39, 0.29) is 6.29 Å². The van der Waals surface area contributed by atoms with Crippen LogP contribution in [0.15, 0.2) is 11.0 Å². The van der Waals surface area contributed by atoms with Crippen LogP contribution in [-0.4, -0.2) is 11.3 Å². The van der Waals surface area contributed by atoms with Gasteiger partial charge < -0.3 is 4.98 Å². The molecular formula is C7H4F3NO2. The predicted octanol–water partition coefficient (Wildman–Crippen LogP) is 1.26. The normalized spacial score (nSPS) is 10.5. The van der Waals surface area contributed by atoms with E-state index in [1.165, 1.54) is 0 Å². The number of alkyl halides is 2. The molecule has 0 unspecified atom stereocenters. The first-order valence-corrected chi connectivity index (χ1v) is 3.22. The first kappa shape index (κ1) is 9.50. The van der Waals surface area contributed by atoms with Gasteiger partial charge in [-0.15, -0.1) is 0 Å². The van der Waals surface area contributed by atoms with E-state index < -0.39 is 28.9 Å². The summed E-state index contributed by atoms with van der Waals surface area (Å²) in [5.41, 5.74) is -3.06. The van der Waals surface area contributed by atoms with Gasteiger partial charge in [-0.05, 0) is 0 Å². The van der Waals surface area contributed by atoms with Gasteiger partial charge in [0.25, 0.3) is 6.43 Å². The van der Waals surface area contributed by atoms with Crippen LogP contribution < -0.4 is 5.43 Å². The third-order valence-electron chi connectivity index (χ3n) is 1.43. The number of halogens is 3. The van der Waals surface area contributed by atoms with Gasteiger partial charge in [0, 0.05) is 6.20 Å². The summed E-state index contributed by atoms with van der Waals surface area (Å²) in [7, 11) is 0. The Kier molecular flexibility index (Phi) is 2.50. The fourth-order valence-corrected chi connectivity index (χ4v) is 0.781. The van der Waals surface area contributed by atoms with Gasteiger partial charge in [0.15, 0.2) is 12.1 Å². The molecule has 0 bridgehead atoms. The van der Waals surface area contributed by atoms with Crippen molar-refractivity contribution in [2.24, 2.45) is 0 Å². The average molecular weight is 191 g/mol. The van der Waals surface area contributed by atoms with Crippen LogP contribution in [0.5, 0.6) is 0 Å². The minimum absolute atomic E-state index is 0.0476. The number of aromatic amines is 1. The lowest BCUT2D eigenvalue weighted by atomic mass is 10.2. The standard InChI is InChI=1S/C7H4F3NO2/c8-5-4(2-12)11-1-3(6(5)13)7(9)10/h1-2,7H,(H,11,13). The maximum absolute atomic E-state index is 12.7. The summed E-state index contributed by atoms with van der Waals surface area (Å²) >= 11 is 0. The molecule has 0 spiro atoms. The van der Waals surface area contributed by atoms with Crippen molar-refractivity contribution in [1.29, 1.82) is 0 Å². The van der Waals surface area contributed by atoms with E-state index in [9.17, 15) is 22.8 Å². The first-order chi connectivity index (χ1) is 6.07. The van der Waals surface area contributed by atoms with Gasteiger partial charge in [-0.2, -0.15) is 0 Å². The smallest absolute Gasteiger partial charge is 0.269 e. The van der Waals surface area contributed by atoms with Gasteiger partial charge in [0.05, 0.1) is 5.56 Å². The summed E-state index contributed by atoms with van der Waals surface area (Å²) < 4.78 is 36.7. The molecule has 1 N–H and O–H groups in total. The molecule has 0 aliphatic heterocycles. The monoisotopic (exact) mass is 191 g/mol. The van der Waals surface area contributed by atoms with Gasteiger partial charge in [0.2, 0.25) is 5.43 Å². The number of pyridine rings is 1. The largest absolute Gasteiger partial charge is 0.356 e. The van der Waals surface area contributed by atoms with Crippen molar-refractivity contribution in [3.8, 4) is 0 Å². The molecule has 1 aromatic heterocycles. The Morgan fingerprint density at radius 1 is 1.46 bits per heavy atom. The highest BCUT2D eigenvalue weighted by atomic mass is 19.3. The number of aromatic nitrogens is 1. The molecule has 70 valence electrons. The van der Waals surface area contributed by atoms with Crippen LogP contribution in [0.1, 0.15) is 22.5 Å². The molecule has 0 amide bonds. The molecule has 0 aromatic carbocycles. The van der Waals surface area contributed by atoms with Crippen molar-refractivity contribution in [2.45, 2.75) is 6.43 Å². The van der Waals surface area contributed by atoms with Crippen molar-refractivity contribution in [3.05, 3.63) is 33.5 Å². The van der Waals surface area contributed by atoms with Crippen molar-refractivity contribution in [1.82, 2.24) is 4.98 Å². The second-order valence-corrected chi connectivity index (χ2v) is 2.22. The first-order valence-electron chi connectivity index (χ1n) is 3.22. The summed E-state index contributed by atoms with van der Waals surface area (Å²) in [6.45, 7) is 0. The van der Waals surface area contributed by atoms with Crippen molar-refractivity contribution < 1.29 is 18.0 Å². The van der Waals surface area contributed by atoms with Crippen LogP contribution in [-0.2, 0) is 0 Å². The molecule has 0 aliphatic carbocycles. The second-order valence-electron chi connectivity index (χ2n) is 2.22. The minimum atomic E-state index is -3.06. The highest BCUT2D eigenvalue weighted by molar-refractivity contribution is 5.71. The number of carbonyl (C=O) groups excluding carboxylic acids is 1.